The summed E-state index contributed by atoms with van der Waals surface area (Å²) in [6.45, 7) is 2.13. The molecular weight excluding hydrogens is 148 g/mol. The Hall–Kier alpha value is -0.0500. The molecule has 0 N–H and O–H groups in total. The first-order chi connectivity index (χ1) is 4.64. The molecule has 1 heterocycles. The Morgan fingerprint density at radius 1 is 1.40 bits per heavy atom. The van der Waals surface area contributed by atoms with E-state index in [2.05, 4.69) is 6.92 Å². The maximum Gasteiger partial charge on any atom is 0.150 e. The maximum atomic E-state index is 10.7. The molecule has 0 saturated carbocycles. The van der Waals surface area contributed by atoms with Gasteiger partial charge in [0.2, 0.25) is 0 Å². The average molecular weight is 162 g/mol. The Morgan fingerprint density at radius 3 is 2.40 bits per heavy atom. The second kappa shape index (κ2) is 2.91. The number of sulfone groups is 1. The third-order valence-corrected chi connectivity index (χ3v) is 3.90. The molecule has 0 amide bonds. The summed E-state index contributed by atoms with van der Waals surface area (Å²) >= 11 is 0. The molecule has 0 aromatic carbocycles. The van der Waals surface area contributed by atoms with Gasteiger partial charge in [-0.05, 0) is 12.3 Å². The molecule has 3 heteroatoms. The minimum Gasteiger partial charge on any atom is -0.229 e. The van der Waals surface area contributed by atoms with Gasteiger partial charge in [-0.3, -0.25) is 0 Å². The van der Waals surface area contributed by atoms with E-state index >= 15 is 0 Å². The summed E-state index contributed by atoms with van der Waals surface area (Å²) in [6.07, 6.45) is 3.46. The van der Waals surface area contributed by atoms with Crippen molar-refractivity contribution in [3.63, 3.8) is 0 Å². The van der Waals surface area contributed by atoms with Crippen LogP contribution in [0.25, 0.3) is 0 Å². The molecule has 1 fully saturated rings. The van der Waals surface area contributed by atoms with Gasteiger partial charge in [-0.1, -0.05) is 19.8 Å². The number of hydrogen-bond acceptors (Lipinski definition) is 2. The van der Waals surface area contributed by atoms with Gasteiger partial charge in [-0.15, -0.1) is 0 Å². The molecule has 1 aliphatic rings. The molecule has 1 saturated heterocycles. The van der Waals surface area contributed by atoms with E-state index in [1.165, 1.54) is 12.8 Å². The van der Waals surface area contributed by atoms with Crippen LogP contribution in [0, 0.1) is 5.92 Å². The lowest BCUT2D eigenvalue weighted by Gasteiger charge is -2.25. The fourth-order valence-corrected chi connectivity index (χ4v) is 3.00. The molecule has 0 radical (unpaired) electrons. The van der Waals surface area contributed by atoms with E-state index in [0.717, 1.165) is 6.42 Å². The monoisotopic (exact) mass is 162 g/mol. The molecule has 0 aromatic heterocycles. The average Bonchev–Trinajstić information content (AvgIpc) is 1.78. The van der Waals surface area contributed by atoms with E-state index in [0.29, 0.717) is 17.4 Å². The molecule has 0 spiro atoms. The third kappa shape index (κ3) is 1.97. The zero-order chi connectivity index (χ0) is 7.61. The molecule has 1 rings (SSSR count). The zero-order valence-electron chi connectivity index (χ0n) is 6.34. The fraction of sp³-hybridized carbons (Fsp3) is 1.00. The minimum atomic E-state index is -2.56. The van der Waals surface area contributed by atoms with E-state index in [4.69, 9.17) is 0 Å². The highest BCUT2D eigenvalue weighted by Crippen LogP contribution is 2.23. The van der Waals surface area contributed by atoms with Gasteiger partial charge >= 0.3 is 0 Å². The summed E-state index contributed by atoms with van der Waals surface area (Å²) < 4.78 is 21.3. The highest BCUT2D eigenvalue weighted by atomic mass is 32.2. The van der Waals surface area contributed by atoms with Gasteiger partial charge in [-0.2, -0.15) is 0 Å². The number of hydrogen-bond donors (Lipinski definition) is 0. The second-order valence-corrected chi connectivity index (χ2v) is 5.24. The van der Waals surface area contributed by atoms with Crippen molar-refractivity contribution in [3.05, 3.63) is 0 Å². The Labute approximate surface area is 62.5 Å². The van der Waals surface area contributed by atoms with E-state index in [1.807, 2.05) is 0 Å². The Balaban J connectivity index is 2.15. The third-order valence-electron chi connectivity index (χ3n) is 1.95. The number of unbranched alkanes of at least 4 members (excludes halogenated alkanes) is 1. The van der Waals surface area contributed by atoms with Crippen molar-refractivity contribution < 1.29 is 8.42 Å². The largest absolute Gasteiger partial charge is 0.229 e. The predicted molar refractivity (Wildman–Crippen MR) is 41.7 cm³/mol. The van der Waals surface area contributed by atoms with Crippen LogP contribution in [0.3, 0.4) is 0 Å². The van der Waals surface area contributed by atoms with Crippen LogP contribution in [-0.2, 0) is 9.84 Å². The summed E-state index contributed by atoms with van der Waals surface area (Å²) in [5.41, 5.74) is 0. The molecule has 2 nitrogen and oxygen atoms in total. The lowest BCUT2D eigenvalue weighted by atomic mass is 10.1. The van der Waals surface area contributed by atoms with Crippen LogP contribution in [0.5, 0.6) is 0 Å². The first-order valence-corrected chi connectivity index (χ1v) is 5.66. The SMILES string of the molecule is CCCCC1CS(=O)(=O)C1. The number of rotatable bonds is 3. The molecule has 0 unspecified atom stereocenters. The Bertz CT molecular complexity index is 182. The van der Waals surface area contributed by atoms with E-state index in [9.17, 15) is 8.42 Å². The van der Waals surface area contributed by atoms with Crippen LogP contribution in [0.1, 0.15) is 26.2 Å². The molecule has 0 aromatic rings. The summed E-state index contributed by atoms with van der Waals surface area (Å²) in [6, 6.07) is 0. The molecular formula is C7H14O2S. The van der Waals surface area contributed by atoms with Crippen LogP contribution < -0.4 is 0 Å². The molecule has 60 valence electrons. The highest BCUT2D eigenvalue weighted by Gasteiger charge is 2.32. The van der Waals surface area contributed by atoms with E-state index in [1.54, 1.807) is 0 Å². The summed E-state index contributed by atoms with van der Waals surface area (Å²) in [7, 11) is -2.56. The summed E-state index contributed by atoms with van der Waals surface area (Å²) in [5.74, 6) is 1.39. The molecule has 0 atom stereocenters. The Kier molecular flexibility index (Phi) is 2.34. The highest BCUT2D eigenvalue weighted by molar-refractivity contribution is 7.92. The minimum absolute atomic E-state index is 0.451. The van der Waals surface area contributed by atoms with Gasteiger partial charge in [0.15, 0.2) is 9.84 Å². The van der Waals surface area contributed by atoms with Gasteiger partial charge in [0.25, 0.3) is 0 Å². The predicted octanol–water partition coefficient (Wildman–Crippen LogP) is 1.22. The zero-order valence-corrected chi connectivity index (χ0v) is 7.15. The van der Waals surface area contributed by atoms with E-state index in [-0.39, 0.29) is 0 Å². The van der Waals surface area contributed by atoms with Crippen LogP contribution in [-0.4, -0.2) is 19.9 Å². The molecule has 0 aliphatic carbocycles. The van der Waals surface area contributed by atoms with E-state index < -0.39 is 9.84 Å². The topological polar surface area (TPSA) is 34.1 Å². The first-order valence-electron chi connectivity index (χ1n) is 3.84. The quantitative estimate of drug-likeness (QED) is 0.625. The van der Waals surface area contributed by atoms with Crippen molar-refractivity contribution in [2.75, 3.05) is 11.5 Å². The fourth-order valence-electron chi connectivity index (χ4n) is 1.33. The molecule has 10 heavy (non-hydrogen) atoms. The van der Waals surface area contributed by atoms with Gasteiger partial charge < -0.3 is 0 Å². The second-order valence-electron chi connectivity index (χ2n) is 3.09. The van der Waals surface area contributed by atoms with Gasteiger partial charge in [0.05, 0.1) is 11.5 Å². The lowest BCUT2D eigenvalue weighted by Crippen LogP contribution is -2.35. The maximum absolute atomic E-state index is 10.7. The van der Waals surface area contributed by atoms with Crippen LogP contribution in [0.4, 0.5) is 0 Å². The summed E-state index contributed by atoms with van der Waals surface area (Å²) in [4.78, 5) is 0. The molecule has 1 aliphatic heterocycles. The van der Waals surface area contributed by atoms with Crippen molar-refractivity contribution in [1.82, 2.24) is 0 Å². The smallest absolute Gasteiger partial charge is 0.150 e. The van der Waals surface area contributed by atoms with Crippen molar-refractivity contribution in [1.29, 1.82) is 0 Å². The van der Waals surface area contributed by atoms with Crippen LogP contribution in [0.2, 0.25) is 0 Å². The normalized spacial score (nSPS) is 24.1. The standard InChI is InChI=1S/C7H14O2S/c1-2-3-4-7-5-10(8,9)6-7/h7H,2-6H2,1H3. The van der Waals surface area contributed by atoms with Crippen LogP contribution in [0.15, 0.2) is 0 Å². The van der Waals surface area contributed by atoms with Crippen molar-refractivity contribution >= 4 is 9.84 Å². The first kappa shape index (κ1) is 8.05. The van der Waals surface area contributed by atoms with Gasteiger partial charge in [0, 0.05) is 0 Å². The van der Waals surface area contributed by atoms with Crippen LogP contribution >= 0.6 is 0 Å². The summed E-state index contributed by atoms with van der Waals surface area (Å²) in [5, 5.41) is 0. The van der Waals surface area contributed by atoms with Gasteiger partial charge in [-0.25, -0.2) is 8.42 Å². The van der Waals surface area contributed by atoms with Crippen molar-refractivity contribution in [2.45, 2.75) is 26.2 Å². The Morgan fingerprint density at radius 2 is 2.00 bits per heavy atom. The van der Waals surface area contributed by atoms with Crippen molar-refractivity contribution in [3.8, 4) is 0 Å². The molecule has 0 bridgehead atoms. The van der Waals surface area contributed by atoms with Crippen molar-refractivity contribution in [2.24, 2.45) is 5.92 Å². The van der Waals surface area contributed by atoms with Gasteiger partial charge in [0.1, 0.15) is 0 Å². The lowest BCUT2D eigenvalue weighted by molar-refractivity contribution is 0.483.